The summed E-state index contributed by atoms with van der Waals surface area (Å²) in [5, 5.41) is 6.83. The van der Waals surface area contributed by atoms with Crippen molar-refractivity contribution >= 4 is 21.4 Å². The highest BCUT2D eigenvalue weighted by atomic mass is 32.2. The Morgan fingerprint density at radius 3 is 2.76 bits per heavy atom. The van der Waals surface area contributed by atoms with E-state index < -0.39 is 10.0 Å². The molecule has 21 heavy (non-hydrogen) atoms. The maximum absolute atomic E-state index is 12.2. The van der Waals surface area contributed by atoms with Crippen LogP contribution in [0.2, 0.25) is 0 Å². The lowest BCUT2D eigenvalue weighted by atomic mass is 10.3. The van der Waals surface area contributed by atoms with Crippen LogP contribution in [-0.4, -0.2) is 19.6 Å². The second kappa shape index (κ2) is 6.69. The number of sulfonamides is 1. The summed E-state index contributed by atoms with van der Waals surface area (Å²) in [4.78, 5) is 1.03. The van der Waals surface area contributed by atoms with Crippen LogP contribution in [0.15, 0.2) is 27.1 Å². The molecule has 0 radical (unpaired) electrons. The van der Waals surface area contributed by atoms with Gasteiger partial charge in [0, 0.05) is 23.5 Å². The van der Waals surface area contributed by atoms with Crippen LogP contribution in [0.3, 0.4) is 0 Å². The number of thiophene rings is 1. The van der Waals surface area contributed by atoms with E-state index >= 15 is 0 Å². The van der Waals surface area contributed by atoms with Crippen molar-refractivity contribution in [1.29, 1.82) is 0 Å². The molecule has 0 fully saturated rings. The highest BCUT2D eigenvalue weighted by molar-refractivity contribution is 7.91. The van der Waals surface area contributed by atoms with Gasteiger partial charge < -0.3 is 9.84 Å². The fourth-order valence-corrected chi connectivity index (χ4v) is 4.24. The Morgan fingerprint density at radius 1 is 1.38 bits per heavy atom. The van der Waals surface area contributed by atoms with Crippen LogP contribution in [0, 0.1) is 6.92 Å². The topological polar surface area (TPSA) is 84.2 Å². The van der Waals surface area contributed by atoms with E-state index in [2.05, 4.69) is 29.0 Å². The van der Waals surface area contributed by atoms with Gasteiger partial charge in [-0.1, -0.05) is 19.0 Å². The minimum absolute atomic E-state index is 0.0961. The normalized spacial score (nSPS) is 12.2. The second-order valence-electron chi connectivity index (χ2n) is 5.01. The summed E-state index contributed by atoms with van der Waals surface area (Å²) in [5.41, 5.74) is 0.980. The molecule has 0 saturated heterocycles. The third kappa shape index (κ3) is 4.37. The molecule has 0 saturated carbocycles. The molecule has 0 aromatic carbocycles. The van der Waals surface area contributed by atoms with Crippen LogP contribution in [0.5, 0.6) is 0 Å². The van der Waals surface area contributed by atoms with Crippen LogP contribution in [0.1, 0.15) is 30.0 Å². The van der Waals surface area contributed by atoms with E-state index in [4.69, 9.17) is 4.52 Å². The fraction of sp³-hybridized carbons (Fsp3) is 0.462. The summed E-state index contributed by atoms with van der Waals surface area (Å²) in [6, 6.07) is 3.68. The fourth-order valence-electron chi connectivity index (χ4n) is 1.66. The quantitative estimate of drug-likeness (QED) is 0.812. The predicted octanol–water partition coefficient (Wildman–Crippen LogP) is 2.02. The third-order valence-corrected chi connectivity index (χ3v) is 5.97. The molecule has 2 heterocycles. The first-order valence-electron chi connectivity index (χ1n) is 6.60. The maximum Gasteiger partial charge on any atom is 0.250 e. The zero-order chi connectivity index (χ0) is 15.5. The van der Waals surface area contributed by atoms with Crippen molar-refractivity contribution in [3.63, 3.8) is 0 Å². The van der Waals surface area contributed by atoms with E-state index in [1.54, 1.807) is 12.1 Å². The molecular formula is C13H19N3O3S2. The zero-order valence-corrected chi connectivity index (χ0v) is 13.8. The molecule has 0 aliphatic rings. The highest BCUT2D eigenvalue weighted by Gasteiger charge is 2.19. The van der Waals surface area contributed by atoms with Crippen molar-refractivity contribution in [2.45, 2.75) is 44.1 Å². The Labute approximate surface area is 128 Å². The molecule has 6 nitrogen and oxygen atoms in total. The first-order valence-corrected chi connectivity index (χ1v) is 8.90. The molecule has 0 spiro atoms. The first-order chi connectivity index (χ1) is 9.88. The van der Waals surface area contributed by atoms with Gasteiger partial charge in [0.25, 0.3) is 0 Å². The van der Waals surface area contributed by atoms with Gasteiger partial charge in [-0.25, -0.2) is 13.1 Å². The number of aromatic nitrogens is 1. The minimum atomic E-state index is -3.52. The molecule has 0 unspecified atom stereocenters. The van der Waals surface area contributed by atoms with Crippen molar-refractivity contribution < 1.29 is 12.9 Å². The third-order valence-electron chi connectivity index (χ3n) is 2.86. The van der Waals surface area contributed by atoms with E-state index in [-0.39, 0.29) is 6.54 Å². The Hall–Kier alpha value is -1.22. The summed E-state index contributed by atoms with van der Waals surface area (Å²) in [5.74, 6) is 0.480. The van der Waals surface area contributed by atoms with Crippen molar-refractivity contribution in [3.05, 3.63) is 34.5 Å². The van der Waals surface area contributed by atoms with Gasteiger partial charge in [-0.05, 0) is 18.6 Å². The van der Waals surface area contributed by atoms with Crippen LogP contribution in [0.25, 0.3) is 0 Å². The number of aryl methyl sites for hydroxylation is 1. The molecule has 0 atom stereocenters. The molecule has 0 aliphatic heterocycles. The molecule has 2 aromatic heterocycles. The largest absolute Gasteiger partial charge is 0.360 e. The number of rotatable bonds is 7. The van der Waals surface area contributed by atoms with E-state index in [0.29, 0.717) is 22.6 Å². The lowest BCUT2D eigenvalue weighted by Gasteiger charge is -2.06. The second-order valence-corrected chi connectivity index (χ2v) is 8.14. The van der Waals surface area contributed by atoms with Gasteiger partial charge >= 0.3 is 0 Å². The summed E-state index contributed by atoms with van der Waals surface area (Å²) in [6.07, 6.45) is 1.48. The van der Waals surface area contributed by atoms with Gasteiger partial charge in [-0.2, -0.15) is 0 Å². The number of nitrogens with zero attached hydrogens (tertiary/aromatic N) is 1. The van der Waals surface area contributed by atoms with Crippen molar-refractivity contribution in [3.8, 4) is 0 Å². The molecule has 0 bridgehead atoms. The van der Waals surface area contributed by atoms with Crippen LogP contribution in [0.4, 0.5) is 0 Å². The number of nitrogens with one attached hydrogen (secondary N) is 2. The SMILES string of the molecule is Cc1cc(S(=O)(=O)NCc2ccno2)sc1CNC(C)C. The van der Waals surface area contributed by atoms with Gasteiger partial charge in [-0.15, -0.1) is 11.3 Å². The van der Waals surface area contributed by atoms with Crippen LogP contribution in [-0.2, 0) is 23.1 Å². The van der Waals surface area contributed by atoms with Crippen LogP contribution < -0.4 is 10.0 Å². The lowest BCUT2D eigenvalue weighted by Crippen LogP contribution is -2.22. The molecule has 2 rings (SSSR count). The monoisotopic (exact) mass is 329 g/mol. The zero-order valence-electron chi connectivity index (χ0n) is 12.2. The van der Waals surface area contributed by atoms with Crippen molar-refractivity contribution in [2.75, 3.05) is 0 Å². The van der Waals surface area contributed by atoms with Gasteiger partial charge in [0.1, 0.15) is 4.21 Å². The molecule has 0 amide bonds. The van der Waals surface area contributed by atoms with E-state index in [9.17, 15) is 8.42 Å². The predicted molar refractivity (Wildman–Crippen MR) is 81.6 cm³/mol. The van der Waals surface area contributed by atoms with Gasteiger partial charge in [-0.3, -0.25) is 0 Å². The van der Waals surface area contributed by atoms with E-state index in [0.717, 1.165) is 10.4 Å². The van der Waals surface area contributed by atoms with Gasteiger partial charge in [0.2, 0.25) is 10.0 Å². The Kier molecular flexibility index (Phi) is 5.15. The van der Waals surface area contributed by atoms with Crippen molar-refractivity contribution in [1.82, 2.24) is 15.2 Å². The summed E-state index contributed by atoms with van der Waals surface area (Å²) in [7, 11) is -3.52. The number of hydrogen-bond acceptors (Lipinski definition) is 6. The average molecular weight is 329 g/mol. The van der Waals surface area contributed by atoms with Crippen LogP contribution >= 0.6 is 11.3 Å². The maximum atomic E-state index is 12.2. The number of hydrogen-bond donors (Lipinski definition) is 2. The minimum Gasteiger partial charge on any atom is -0.360 e. The molecule has 2 aromatic rings. The molecule has 116 valence electrons. The smallest absolute Gasteiger partial charge is 0.250 e. The molecule has 2 N–H and O–H groups in total. The van der Waals surface area contributed by atoms with E-state index in [1.165, 1.54) is 17.5 Å². The first kappa shape index (κ1) is 16.2. The molecular weight excluding hydrogens is 310 g/mol. The summed E-state index contributed by atoms with van der Waals surface area (Å²) in [6.45, 7) is 6.80. The Bertz CT molecular complexity index is 676. The van der Waals surface area contributed by atoms with Gasteiger partial charge in [0.15, 0.2) is 5.76 Å². The lowest BCUT2D eigenvalue weighted by molar-refractivity contribution is 0.380. The average Bonchev–Trinajstić information content (AvgIpc) is 3.04. The van der Waals surface area contributed by atoms with Gasteiger partial charge in [0.05, 0.1) is 12.7 Å². The molecule has 0 aliphatic carbocycles. The molecule has 8 heteroatoms. The Morgan fingerprint density at radius 2 is 2.14 bits per heavy atom. The highest BCUT2D eigenvalue weighted by Crippen LogP contribution is 2.26. The summed E-state index contributed by atoms with van der Waals surface area (Å²) >= 11 is 1.29. The van der Waals surface area contributed by atoms with Crippen molar-refractivity contribution in [2.24, 2.45) is 0 Å². The standard InChI is InChI=1S/C13H19N3O3S2/c1-9(2)14-8-12-10(3)6-13(20-12)21(17,18)16-7-11-4-5-15-19-11/h4-6,9,14,16H,7-8H2,1-3H3. The van der Waals surface area contributed by atoms with E-state index in [1.807, 2.05) is 6.92 Å². The Balaban J connectivity index is 2.07. The summed E-state index contributed by atoms with van der Waals surface area (Å²) < 4.78 is 32.2.